The van der Waals surface area contributed by atoms with Crippen LogP contribution in [0, 0.1) is 12.3 Å². The number of tetrazole rings is 1. The zero-order valence-corrected chi connectivity index (χ0v) is 11.3. The molecule has 2 aromatic rings. The minimum atomic E-state index is -0.218. The number of aryl methyl sites for hydroxylation is 1. The van der Waals surface area contributed by atoms with Crippen LogP contribution in [0.25, 0.3) is 5.69 Å². The SMILES string of the molecule is Cc1ccc(-n2nnnc2NCC2(CO)COC2)cc1. The van der Waals surface area contributed by atoms with Crippen LogP contribution >= 0.6 is 0 Å². The van der Waals surface area contributed by atoms with Crippen LogP contribution in [0.1, 0.15) is 5.56 Å². The molecule has 1 fully saturated rings. The molecule has 2 heterocycles. The molecule has 1 aromatic heterocycles. The van der Waals surface area contributed by atoms with Gasteiger partial charge in [-0.2, -0.15) is 4.68 Å². The zero-order chi connectivity index (χ0) is 14.0. The smallest absolute Gasteiger partial charge is 0.247 e. The molecule has 0 spiro atoms. The molecule has 1 aromatic carbocycles. The average molecular weight is 275 g/mol. The predicted octanol–water partition coefficient (Wildman–Crippen LogP) is 0.392. The fourth-order valence-electron chi connectivity index (χ4n) is 2.06. The number of aliphatic hydroxyl groups excluding tert-OH is 1. The second-order valence-electron chi connectivity index (χ2n) is 5.25. The normalized spacial score (nSPS) is 16.7. The first-order chi connectivity index (χ1) is 9.72. The number of anilines is 1. The Hall–Kier alpha value is -1.99. The van der Waals surface area contributed by atoms with Crippen LogP contribution in [0.15, 0.2) is 24.3 Å². The number of aliphatic hydroxyl groups is 1. The fraction of sp³-hybridized carbons (Fsp3) is 0.462. The largest absolute Gasteiger partial charge is 0.396 e. The maximum absolute atomic E-state index is 9.40. The van der Waals surface area contributed by atoms with E-state index < -0.39 is 0 Å². The lowest BCUT2D eigenvalue weighted by molar-refractivity contribution is -0.128. The quantitative estimate of drug-likeness (QED) is 0.821. The van der Waals surface area contributed by atoms with E-state index in [1.54, 1.807) is 4.68 Å². The molecule has 0 unspecified atom stereocenters. The topological polar surface area (TPSA) is 85.1 Å². The zero-order valence-electron chi connectivity index (χ0n) is 11.3. The first-order valence-electron chi connectivity index (χ1n) is 6.50. The second kappa shape index (κ2) is 5.18. The lowest BCUT2D eigenvalue weighted by Crippen LogP contribution is -2.50. The number of rotatable bonds is 5. The van der Waals surface area contributed by atoms with E-state index in [0.717, 1.165) is 5.69 Å². The molecule has 3 rings (SSSR count). The number of benzene rings is 1. The minimum absolute atomic E-state index is 0.0894. The Labute approximate surface area is 116 Å². The van der Waals surface area contributed by atoms with Crippen LogP contribution in [0.4, 0.5) is 5.95 Å². The highest BCUT2D eigenvalue weighted by Crippen LogP contribution is 2.27. The maximum atomic E-state index is 9.40. The number of nitrogens with zero attached hydrogens (tertiary/aromatic N) is 4. The monoisotopic (exact) mass is 275 g/mol. The van der Waals surface area contributed by atoms with E-state index in [2.05, 4.69) is 20.8 Å². The van der Waals surface area contributed by atoms with Gasteiger partial charge in [-0.1, -0.05) is 22.8 Å². The molecule has 7 nitrogen and oxygen atoms in total. The molecular formula is C13H17N5O2. The van der Waals surface area contributed by atoms with Gasteiger partial charge in [0.25, 0.3) is 0 Å². The molecule has 0 saturated carbocycles. The summed E-state index contributed by atoms with van der Waals surface area (Å²) in [6.45, 7) is 3.82. The van der Waals surface area contributed by atoms with E-state index in [9.17, 15) is 5.11 Å². The molecule has 106 valence electrons. The molecule has 2 N–H and O–H groups in total. The van der Waals surface area contributed by atoms with E-state index in [4.69, 9.17) is 4.74 Å². The third-order valence-electron chi connectivity index (χ3n) is 3.52. The van der Waals surface area contributed by atoms with Gasteiger partial charge < -0.3 is 15.2 Å². The molecule has 0 radical (unpaired) electrons. The summed E-state index contributed by atoms with van der Waals surface area (Å²) in [6, 6.07) is 7.95. The van der Waals surface area contributed by atoms with Crippen molar-refractivity contribution in [3.63, 3.8) is 0 Å². The van der Waals surface area contributed by atoms with Crippen LogP contribution < -0.4 is 5.32 Å². The third kappa shape index (κ3) is 2.37. The van der Waals surface area contributed by atoms with Gasteiger partial charge in [0.15, 0.2) is 0 Å². The van der Waals surface area contributed by atoms with Crippen LogP contribution in [0.2, 0.25) is 0 Å². The number of nitrogens with one attached hydrogen (secondary N) is 1. The van der Waals surface area contributed by atoms with Gasteiger partial charge in [0.2, 0.25) is 5.95 Å². The van der Waals surface area contributed by atoms with Crippen molar-refractivity contribution in [3.05, 3.63) is 29.8 Å². The van der Waals surface area contributed by atoms with Gasteiger partial charge in [-0.3, -0.25) is 0 Å². The standard InChI is InChI=1S/C13H17N5O2/c1-10-2-4-11(5-3-10)18-12(15-16-17-18)14-6-13(7-19)8-20-9-13/h2-5,19H,6-9H2,1H3,(H,14,15,17). The molecule has 1 saturated heterocycles. The van der Waals surface area contributed by atoms with Gasteiger partial charge >= 0.3 is 0 Å². The van der Waals surface area contributed by atoms with Crippen molar-refractivity contribution in [2.24, 2.45) is 5.41 Å². The van der Waals surface area contributed by atoms with Crippen LogP contribution in [-0.4, -0.2) is 51.7 Å². The molecule has 0 aliphatic carbocycles. The number of hydrogen-bond acceptors (Lipinski definition) is 6. The average Bonchev–Trinajstić information content (AvgIpc) is 2.87. The number of ether oxygens (including phenoxy) is 1. The predicted molar refractivity (Wildman–Crippen MR) is 72.7 cm³/mol. The van der Waals surface area contributed by atoms with E-state index in [-0.39, 0.29) is 12.0 Å². The summed E-state index contributed by atoms with van der Waals surface area (Å²) < 4.78 is 6.81. The van der Waals surface area contributed by atoms with Gasteiger partial charge in [0, 0.05) is 6.54 Å². The van der Waals surface area contributed by atoms with Crippen LogP contribution in [-0.2, 0) is 4.74 Å². The van der Waals surface area contributed by atoms with Gasteiger partial charge in [-0.05, 0) is 29.5 Å². The van der Waals surface area contributed by atoms with E-state index in [0.29, 0.717) is 25.7 Å². The lowest BCUT2D eigenvalue weighted by atomic mass is 9.87. The summed E-state index contributed by atoms with van der Waals surface area (Å²) in [6.07, 6.45) is 0. The van der Waals surface area contributed by atoms with E-state index >= 15 is 0 Å². The molecule has 1 aliphatic heterocycles. The van der Waals surface area contributed by atoms with Crippen molar-refractivity contribution < 1.29 is 9.84 Å². The molecule has 20 heavy (non-hydrogen) atoms. The highest BCUT2D eigenvalue weighted by molar-refractivity contribution is 5.40. The Morgan fingerprint density at radius 1 is 1.35 bits per heavy atom. The van der Waals surface area contributed by atoms with E-state index in [1.807, 2.05) is 31.2 Å². The molecule has 7 heteroatoms. The van der Waals surface area contributed by atoms with E-state index in [1.165, 1.54) is 5.56 Å². The fourth-order valence-corrected chi connectivity index (χ4v) is 2.06. The number of aromatic nitrogens is 4. The molecule has 0 amide bonds. The summed E-state index contributed by atoms with van der Waals surface area (Å²) in [5.74, 6) is 0.563. The Balaban J connectivity index is 1.75. The summed E-state index contributed by atoms with van der Waals surface area (Å²) in [7, 11) is 0. The van der Waals surface area contributed by atoms with Gasteiger partial charge in [-0.15, -0.1) is 0 Å². The summed E-state index contributed by atoms with van der Waals surface area (Å²) in [5.41, 5.74) is 1.86. The molecular weight excluding hydrogens is 258 g/mol. The Bertz CT molecular complexity index is 571. The Morgan fingerprint density at radius 3 is 2.70 bits per heavy atom. The van der Waals surface area contributed by atoms with Gasteiger partial charge in [0.05, 0.1) is 30.9 Å². The minimum Gasteiger partial charge on any atom is -0.396 e. The maximum Gasteiger partial charge on any atom is 0.247 e. The van der Waals surface area contributed by atoms with Crippen molar-refractivity contribution in [3.8, 4) is 5.69 Å². The van der Waals surface area contributed by atoms with Crippen molar-refractivity contribution in [1.29, 1.82) is 0 Å². The highest BCUT2D eigenvalue weighted by atomic mass is 16.5. The molecule has 1 aliphatic rings. The summed E-state index contributed by atoms with van der Waals surface area (Å²) in [5, 5.41) is 24.3. The molecule has 0 bridgehead atoms. The van der Waals surface area contributed by atoms with Crippen molar-refractivity contribution in [2.45, 2.75) is 6.92 Å². The Kier molecular flexibility index (Phi) is 3.37. The van der Waals surface area contributed by atoms with Crippen LogP contribution in [0.3, 0.4) is 0 Å². The van der Waals surface area contributed by atoms with Crippen molar-refractivity contribution in [2.75, 3.05) is 31.7 Å². The second-order valence-corrected chi connectivity index (χ2v) is 5.25. The van der Waals surface area contributed by atoms with Crippen molar-refractivity contribution >= 4 is 5.95 Å². The van der Waals surface area contributed by atoms with Gasteiger partial charge in [0.1, 0.15) is 0 Å². The lowest BCUT2D eigenvalue weighted by Gasteiger charge is -2.39. The summed E-state index contributed by atoms with van der Waals surface area (Å²) in [4.78, 5) is 0. The summed E-state index contributed by atoms with van der Waals surface area (Å²) >= 11 is 0. The van der Waals surface area contributed by atoms with Crippen LogP contribution in [0.5, 0.6) is 0 Å². The third-order valence-corrected chi connectivity index (χ3v) is 3.52. The number of hydrogen-bond donors (Lipinski definition) is 2. The van der Waals surface area contributed by atoms with Gasteiger partial charge in [-0.25, -0.2) is 0 Å². The van der Waals surface area contributed by atoms with Crippen molar-refractivity contribution in [1.82, 2.24) is 20.2 Å². The highest BCUT2D eigenvalue weighted by Gasteiger charge is 2.38. The molecule has 0 atom stereocenters. The first-order valence-corrected chi connectivity index (χ1v) is 6.50. The Morgan fingerprint density at radius 2 is 2.10 bits per heavy atom. The first kappa shape index (κ1) is 13.0.